The molecule has 2 aromatic carbocycles. The Morgan fingerprint density at radius 1 is 1.19 bits per heavy atom. The Labute approximate surface area is 175 Å². The van der Waals surface area contributed by atoms with Crippen molar-refractivity contribution in [1.29, 1.82) is 0 Å². The number of benzene rings is 2. The molecule has 0 bridgehead atoms. The van der Waals surface area contributed by atoms with Crippen molar-refractivity contribution in [2.45, 2.75) is 12.6 Å². The van der Waals surface area contributed by atoms with Crippen LogP contribution in [0.4, 0.5) is 18.9 Å². The second-order valence-electron chi connectivity index (χ2n) is 5.28. The molecule has 26 heavy (non-hydrogen) atoms. The van der Waals surface area contributed by atoms with Crippen LogP contribution >= 0.6 is 45.2 Å². The summed E-state index contributed by atoms with van der Waals surface area (Å²) in [5, 5.41) is 6.97. The summed E-state index contributed by atoms with van der Waals surface area (Å²) in [6.07, 6.45) is -3.12. The van der Waals surface area contributed by atoms with Gasteiger partial charge in [-0.1, -0.05) is 18.2 Å². The number of carbonyl (C=O) groups is 1. The van der Waals surface area contributed by atoms with E-state index >= 15 is 0 Å². The largest absolute Gasteiger partial charge is 0.416 e. The van der Waals surface area contributed by atoms with Crippen LogP contribution in [0.15, 0.2) is 41.5 Å². The molecule has 0 saturated carbocycles. The van der Waals surface area contributed by atoms with Gasteiger partial charge in [-0.05, 0) is 74.5 Å². The minimum Gasteiger partial charge on any atom is -0.386 e. The number of nitrogens with one attached hydrogen (secondary N) is 2. The van der Waals surface area contributed by atoms with Crippen LogP contribution in [0.5, 0.6) is 0 Å². The molecule has 0 fully saturated rings. The smallest absolute Gasteiger partial charge is 0.386 e. The molecule has 2 N–H and O–H groups in total. The SMILES string of the molecule is CNc1c(I)cc(/C=N\NC(=O)Cc2cccc(C(F)(F)F)c2)cc1I. The highest BCUT2D eigenvalue weighted by molar-refractivity contribution is 14.1. The van der Waals surface area contributed by atoms with Gasteiger partial charge < -0.3 is 5.32 Å². The van der Waals surface area contributed by atoms with Crippen molar-refractivity contribution in [3.63, 3.8) is 0 Å². The molecule has 0 saturated heterocycles. The predicted molar refractivity (Wildman–Crippen MR) is 112 cm³/mol. The van der Waals surface area contributed by atoms with Crippen molar-refractivity contribution < 1.29 is 18.0 Å². The Morgan fingerprint density at radius 3 is 2.42 bits per heavy atom. The molecule has 0 aliphatic heterocycles. The number of alkyl halides is 3. The third-order valence-electron chi connectivity index (χ3n) is 3.34. The molecule has 1 amide bonds. The van der Waals surface area contributed by atoms with Crippen molar-refractivity contribution in [2.24, 2.45) is 5.10 Å². The Morgan fingerprint density at radius 2 is 1.85 bits per heavy atom. The fraction of sp³-hybridized carbons (Fsp3) is 0.176. The summed E-state index contributed by atoms with van der Waals surface area (Å²) in [5.74, 6) is -0.489. The fourth-order valence-electron chi connectivity index (χ4n) is 2.17. The Kier molecular flexibility index (Phi) is 7.26. The highest BCUT2D eigenvalue weighted by Crippen LogP contribution is 2.29. The van der Waals surface area contributed by atoms with Crippen LogP contribution in [-0.4, -0.2) is 19.2 Å². The fourth-order valence-corrected chi connectivity index (χ4v) is 4.52. The van der Waals surface area contributed by atoms with Gasteiger partial charge in [0.05, 0.1) is 23.9 Å². The molecule has 4 nitrogen and oxygen atoms in total. The number of hydrogen-bond acceptors (Lipinski definition) is 3. The van der Waals surface area contributed by atoms with Crippen molar-refractivity contribution in [2.75, 3.05) is 12.4 Å². The molecule has 138 valence electrons. The first-order chi connectivity index (χ1) is 12.2. The van der Waals surface area contributed by atoms with Crippen LogP contribution in [0.3, 0.4) is 0 Å². The van der Waals surface area contributed by atoms with E-state index in [2.05, 4.69) is 61.0 Å². The number of halogens is 5. The van der Waals surface area contributed by atoms with Crippen molar-refractivity contribution in [1.82, 2.24) is 5.43 Å². The van der Waals surface area contributed by atoms with Crippen LogP contribution in [0.2, 0.25) is 0 Å². The normalized spacial score (nSPS) is 11.6. The molecule has 2 rings (SSSR count). The van der Waals surface area contributed by atoms with E-state index in [1.165, 1.54) is 18.3 Å². The predicted octanol–water partition coefficient (Wildman–Crippen LogP) is 4.65. The molecular weight excluding hydrogens is 573 g/mol. The lowest BCUT2D eigenvalue weighted by Crippen LogP contribution is -2.20. The lowest BCUT2D eigenvalue weighted by Gasteiger charge is -2.08. The highest BCUT2D eigenvalue weighted by Gasteiger charge is 2.30. The molecule has 0 aliphatic rings. The standard InChI is InChI=1S/C17H14F3I2N3O/c1-23-16-13(21)6-11(7-14(16)22)9-24-25-15(26)8-10-3-2-4-12(5-10)17(18,19)20/h2-7,9,23H,8H2,1H3,(H,25,26)/b24-9-. The summed E-state index contributed by atoms with van der Waals surface area (Å²) in [4.78, 5) is 11.9. The van der Waals surface area contributed by atoms with Crippen LogP contribution in [-0.2, 0) is 17.4 Å². The second-order valence-corrected chi connectivity index (χ2v) is 7.60. The van der Waals surface area contributed by atoms with E-state index in [1.54, 1.807) is 0 Å². The van der Waals surface area contributed by atoms with Crippen molar-refractivity contribution >= 4 is 63.0 Å². The van der Waals surface area contributed by atoms with E-state index in [9.17, 15) is 18.0 Å². The molecule has 0 aromatic heterocycles. The van der Waals surface area contributed by atoms with E-state index in [-0.39, 0.29) is 12.0 Å². The second kappa shape index (κ2) is 9.02. The third-order valence-corrected chi connectivity index (χ3v) is 5.04. The summed E-state index contributed by atoms with van der Waals surface area (Å²) in [5.41, 5.74) is 3.64. The quantitative estimate of drug-likeness (QED) is 0.305. The minimum absolute atomic E-state index is 0.185. The zero-order chi connectivity index (χ0) is 19.3. The number of hydrazone groups is 1. The van der Waals surface area contributed by atoms with Gasteiger partial charge in [0.15, 0.2) is 0 Å². The molecule has 0 atom stereocenters. The summed E-state index contributed by atoms with van der Waals surface area (Å²) in [6, 6.07) is 8.48. The molecule has 0 spiro atoms. The van der Waals surface area contributed by atoms with Gasteiger partial charge in [0.2, 0.25) is 5.91 Å². The number of anilines is 1. The molecule has 0 heterocycles. The van der Waals surface area contributed by atoms with E-state index in [0.717, 1.165) is 30.5 Å². The Balaban J connectivity index is 2.00. The molecule has 9 heteroatoms. The van der Waals surface area contributed by atoms with Gasteiger partial charge in [0, 0.05) is 14.2 Å². The topological polar surface area (TPSA) is 53.5 Å². The number of nitrogens with zero attached hydrogens (tertiary/aromatic N) is 1. The van der Waals surface area contributed by atoms with Crippen molar-refractivity contribution in [3.8, 4) is 0 Å². The maximum atomic E-state index is 12.7. The lowest BCUT2D eigenvalue weighted by molar-refractivity contribution is -0.137. The first-order valence-electron chi connectivity index (χ1n) is 7.35. The van der Waals surface area contributed by atoms with Gasteiger partial charge >= 0.3 is 6.18 Å². The summed E-state index contributed by atoms with van der Waals surface area (Å²) < 4.78 is 40.1. The lowest BCUT2D eigenvalue weighted by atomic mass is 10.1. The van der Waals surface area contributed by atoms with Crippen molar-refractivity contribution in [3.05, 3.63) is 60.2 Å². The number of carbonyl (C=O) groups excluding carboxylic acids is 1. The molecule has 0 unspecified atom stereocenters. The first kappa shape index (κ1) is 20.9. The van der Waals surface area contributed by atoms with Gasteiger partial charge in [-0.3, -0.25) is 4.79 Å². The van der Waals surface area contributed by atoms with E-state index in [4.69, 9.17) is 0 Å². The first-order valence-corrected chi connectivity index (χ1v) is 9.51. The van der Waals surface area contributed by atoms with Gasteiger partial charge in [0.1, 0.15) is 0 Å². The highest BCUT2D eigenvalue weighted by atomic mass is 127. The van der Waals surface area contributed by atoms with Crippen LogP contribution < -0.4 is 10.7 Å². The van der Waals surface area contributed by atoms with Gasteiger partial charge in [-0.15, -0.1) is 0 Å². The molecule has 0 aliphatic carbocycles. The van der Waals surface area contributed by atoms with Gasteiger partial charge in [-0.25, -0.2) is 5.43 Å². The minimum atomic E-state index is -4.43. The van der Waals surface area contributed by atoms with Crippen LogP contribution in [0, 0.1) is 7.14 Å². The van der Waals surface area contributed by atoms with Crippen LogP contribution in [0.1, 0.15) is 16.7 Å². The maximum Gasteiger partial charge on any atom is 0.416 e. The Bertz CT molecular complexity index is 815. The van der Waals surface area contributed by atoms with Gasteiger partial charge in [-0.2, -0.15) is 18.3 Å². The summed E-state index contributed by atoms with van der Waals surface area (Å²) in [7, 11) is 1.83. The number of amides is 1. The average molecular weight is 587 g/mol. The molecular formula is C17H14F3I2N3O. The Hall–Kier alpha value is -1.37. The monoisotopic (exact) mass is 587 g/mol. The maximum absolute atomic E-state index is 12.7. The van der Waals surface area contributed by atoms with Gasteiger partial charge in [0.25, 0.3) is 0 Å². The average Bonchev–Trinajstić information content (AvgIpc) is 2.54. The molecule has 2 aromatic rings. The van der Waals surface area contributed by atoms with E-state index in [0.29, 0.717) is 0 Å². The zero-order valence-electron chi connectivity index (χ0n) is 13.5. The third kappa shape index (κ3) is 5.83. The number of hydrogen-bond donors (Lipinski definition) is 2. The van der Waals surface area contributed by atoms with E-state index < -0.39 is 17.6 Å². The summed E-state index contributed by atoms with van der Waals surface area (Å²) in [6.45, 7) is 0. The zero-order valence-corrected chi connectivity index (χ0v) is 17.8. The molecule has 0 radical (unpaired) electrons. The van der Waals surface area contributed by atoms with E-state index in [1.807, 2.05) is 19.2 Å². The number of rotatable bonds is 5. The summed E-state index contributed by atoms with van der Waals surface area (Å²) >= 11 is 4.39. The van der Waals surface area contributed by atoms with Crippen LogP contribution in [0.25, 0.3) is 0 Å².